The van der Waals surface area contributed by atoms with Crippen molar-refractivity contribution in [2.24, 2.45) is 0 Å². The van der Waals surface area contributed by atoms with Crippen LogP contribution in [0.2, 0.25) is 0 Å². The Morgan fingerprint density at radius 2 is 2.12 bits per heavy atom. The SMILES string of the molecule is CCN(CCNC)c1ccc([N+](=O)[O-])c(NCCN2CCOCC2)n1. The molecule has 0 atom stereocenters. The van der Waals surface area contributed by atoms with E-state index in [4.69, 9.17) is 4.74 Å². The number of anilines is 2. The van der Waals surface area contributed by atoms with Gasteiger partial charge in [-0.3, -0.25) is 15.0 Å². The molecule has 0 amide bonds. The summed E-state index contributed by atoms with van der Waals surface area (Å²) in [6.07, 6.45) is 0. The summed E-state index contributed by atoms with van der Waals surface area (Å²) < 4.78 is 5.33. The van der Waals surface area contributed by atoms with Gasteiger partial charge in [0.15, 0.2) is 0 Å². The maximum atomic E-state index is 11.3. The molecule has 1 aliphatic rings. The van der Waals surface area contributed by atoms with Gasteiger partial charge in [-0.25, -0.2) is 4.98 Å². The summed E-state index contributed by atoms with van der Waals surface area (Å²) in [6.45, 7) is 9.15. The van der Waals surface area contributed by atoms with Gasteiger partial charge in [0.2, 0.25) is 5.82 Å². The molecule has 1 aliphatic heterocycles. The Morgan fingerprint density at radius 3 is 2.76 bits per heavy atom. The molecule has 1 saturated heterocycles. The van der Waals surface area contributed by atoms with Crippen molar-refractivity contribution in [1.82, 2.24) is 15.2 Å². The molecule has 0 aromatic carbocycles. The Kier molecular flexibility index (Phi) is 7.83. The monoisotopic (exact) mass is 352 g/mol. The average Bonchev–Trinajstić information content (AvgIpc) is 2.63. The van der Waals surface area contributed by atoms with Crippen molar-refractivity contribution in [3.8, 4) is 0 Å². The minimum absolute atomic E-state index is 0.00963. The predicted molar refractivity (Wildman–Crippen MR) is 98.5 cm³/mol. The van der Waals surface area contributed by atoms with E-state index in [1.54, 1.807) is 6.07 Å². The first-order valence-corrected chi connectivity index (χ1v) is 8.74. The summed E-state index contributed by atoms with van der Waals surface area (Å²) in [5.41, 5.74) is 0.00963. The van der Waals surface area contributed by atoms with Crippen LogP contribution in [0.25, 0.3) is 0 Å². The summed E-state index contributed by atoms with van der Waals surface area (Å²) in [5, 5.41) is 17.5. The lowest BCUT2D eigenvalue weighted by Gasteiger charge is -2.26. The van der Waals surface area contributed by atoms with Crippen LogP contribution in [0.15, 0.2) is 12.1 Å². The number of hydrogen-bond donors (Lipinski definition) is 2. The molecule has 1 aromatic rings. The lowest BCUT2D eigenvalue weighted by atomic mass is 10.3. The normalized spacial score (nSPS) is 15.1. The van der Waals surface area contributed by atoms with Gasteiger partial charge >= 0.3 is 5.69 Å². The van der Waals surface area contributed by atoms with Gasteiger partial charge in [-0.05, 0) is 20.0 Å². The fourth-order valence-corrected chi connectivity index (χ4v) is 2.73. The van der Waals surface area contributed by atoms with Crippen molar-refractivity contribution in [2.75, 3.05) is 76.3 Å². The summed E-state index contributed by atoms with van der Waals surface area (Å²) in [5.74, 6) is 1.08. The summed E-state index contributed by atoms with van der Waals surface area (Å²) in [6, 6.07) is 3.24. The molecule has 2 rings (SSSR count). The van der Waals surface area contributed by atoms with Crippen molar-refractivity contribution in [3.05, 3.63) is 22.2 Å². The quantitative estimate of drug-likeness (QED) is 0.471. The second-order valence-electron chi connectivity index (χ2n) is 5.86. The molecule has 9 nitrogen and oxygen atoms in total. The first-order valence-electron chi connectivity index (χ1n) is 8.74. The highest BCUT2D eigenvalue weighted by Gasteiger charge is 2.18. The van der Waals surface area contributed by atoms with Crippen LogP contribution in [0, 0.1) is 10.1 Å². The first-order chi connectivity index (χ1) is 12.2. The highest BCUT2D eigenvalue weighted by molar-refractivity contribution is 5.60. The molecule has 0 spiro atoms. The van der Waals surface area contributed by atoms with Crippen molar-refractivity contribution in [2.45, 2.75) is 6.92 Å². The highest BCUT2D eigenvalue weighted by Crippen LogP contribution is 2.25. The molecule has 1 aromatic heterocycles. The molecule has 0 radical (unpaired) electrons. The van der Waals surface area contributed by atoms with Gasteiger partial charge in [0.25, 0.3) is 0 Å². The number of rotatable bonds is 10. The Morgan fingerprint density at radius 1 is 1.36 bits per heavy atom. The molecule has 25 heavy (non-hydrogen) atoms. The maximum absolute atomic E-state index is 11.3. The number of nitrogens with one attached hydrogen (secondary N) is 2. The molecule has 0 bridgehead atoms. The van der Waals surface area contributed by atoms with E-state index in [1.165, 1.54) is 6.07 Å². The van der Waals surface area contributed by atoms with Crippen LogP contribution in [0.5, 0.6) is 0 Å². The fraction of sp³-hybridized carbons (Fsp3) is 0.688. The fourth-order valence-electron chi connectivity index (χ4n) is 2.73. The minimum Gasteiger partial charge on any atom is -0.379 e. The molecule has 2 heterocycles. The molecule has 0 aliphatic carbocycles. The van der Waals surface area contributed by atoms with E-state index in [2.05, 4.69) is 25.4 Å². The lowest BCUT2D eigenvalue weighted by Crippen LogP contribution is -2.39. The van der Waals surface area contributed by atoms with Crippen molar-refractivity contribution in [3.63, 3.8) is 0 Å². The Labute approximate surface area is 148 Å². The Hall–Kier alpha value is -1.97. The molecule has 0 unspecified atom stereocenters. The van der Waals surface area contributed by atoms with Gasteiger partial charge in [-0.1, -0.05) is 0 Å². The second-order valence-corrected chi connectivity index (χ2v) is 5.86. The van der Waals surface area contributed by atoms with Gasteiger partial charge in [-0.15, -0.1) is 0 Å². The zero-order valence-electron chi connectivity index (χ0n) is 15.0. The van der Waals surface area contributed by atoms with Gasteiger partial charge in [0.05, 0.1) is 18.1 Å². The van der Waals surface area contributed by atoms with Crippen LogP contribution >= 0.6 is 0 Å². The van der Waals surface area contributed by atoms with Crippen LogP contribution < -0.4 is 15.5 Å². The minimum atomic E-state index is -0.391. The maximum Gasteiger partial charge on any atom is 0.311 e. The number of hydrogen-bond acceptors (Lipinski definition) is 8. The zero-order chi connectivity index (χ0) is 18.1. The molecule has 140 valence electrons. The van der Waals surface area contributed by atoms with Crippen molar-refractivity contribution >= 4 is 17.3 Å². The third kappa shape index (κ3) is 5.80. The second kappa shape index (κ2) is 10.1. The van der Waals surface area contributed by atoms with Gasteiger partial charge in [0.1, 0.15) is 5.82 Å². The Bertz CT molecular complexity index is 551. The molecular formula is C16H28N6O3. The van der Waals surface area contributed by atoms with E-state index in [9.17, 15) is 10.1 Å². The third-order valence-corrected chi connectivity index (χ3v) is 4.22. The van der Waals surface area contributed by atoms with Crippen LogP contribution in [0.1, 0.15) is 6.92 Å². The molecule has 1 fully saturated rings. The van der Waals surface area contributed by atoms with Crippen LogP contribution in [-0.4, -0.2) is 80.9 Å². The van der Waals surface area contributed by atoms with Gasteiger partial charge in [0, 0.05) is 51.9 Å². The summed E-state index contributed by atoms with van der Waals surface area (Å²) in [7, 11) is 1.90. The van der Waals surface area contributed by atoms with Crippen LogP contribution in [-0.2, 0) is 4.74 Å². The van der Waals surface area contributed by atoms with E-state index in [0.29, 0.717) is 12.4 Å². The van der Waals surface area contributed by atoms with E-state index < -0.39 is 4.92 Å². The van der Waals surface area contributed by atoms with E-state index in [0.717, 1.165) is 58.3 Å². The standard InChI is InChI=1S/C16H28N6O3/c1-3-21(9-6-17-2)15-5-4-14(22(23)24)16(19-15)18-7-8-20-10-12-25-13-11-20/h4-5,17H,3,6-13H2,1-2H3,(H,18,19). The first kappa shape index (κ1) is 19.4. The number of likely N-dealkylation sites (N-methyl/N-ethyl adjacent to an activating group) is 2. The molecular weight excluding hydrogens is 324 g/mol. The van der Waals surface area contributed by atoms with Crippen molar-refractivity contribution < 1.29 is 9.66 Å². The number of nitrogens with zero attached hydrogens (tertiary/aromatic N) is 4. The van der Waals surface area contributed by atoms with Crippen molar-refractivity contribution in [1.29, 1.82) is 0 Å². The van der Waals surface area contributed by atoms with E-state index >= 15 is 0 Å². The molecule has 0 saturated carbocycles. The van der Waals surface area contributed by atoms with E-state index in [1.807, 2.05) is 14.0 Å². The molecule has 2 N–H and O–H groups in total. The number of nitro groups is 1. The average molecular weight is 352 g/mol. The smallest absolute Gasteiger partial charge is 0.311 e. The van der Waals surface area contributed by atoms with E-state index in [-0.39, 0.29) is 5.69 Å². The Balaban J connectivity index is 2.04. The summed E-state index contributed by atoms with van der Waals surface area (Å²) >= 11 is 0. The van der Waals surface area contributed by atoms with Gasteiger partial charge in [-0.2, -0.15) is 0 Å². The number of ether oxygens (including phenoxy) is 1. The summed E-state index contributed by atoms with van der Waals surface area (Å²) in [4.78, 5) is 19.8. The predicted octanol–water partition coefficient (Wildman–Crippen LogP) is 0.780. The van der Waals surface area contributed by atoms with Gasteiger partial charge < -0.3 is 20.3 Å². The molecule has 9 heteroatoms. The largest absolute Gasteiger partial charge is 0.379 e. The zero-order valence-corrected chi connectivity index (χ0v) is 15.0. The number of morpholine rings is 1. The third-order valence-electron chi connectivity index (χ3n) is 4.22. The van der Waals surface area contributed by atoms with Crippen LogP contribution in [0.4, 0.5) is 17.3 Å². The number of pyridine rings is 1. The highest BCUT2D eigenvalue weighted by atomic mass is 16.6. The number of aromatic nitrogens is 1. The lowest BCUT2D eigenvalue weighted by molar-refractivity contribution is -0.384. The topological polar surface area (TPSA) is 95.8 Å². The van der Waals surface area contributed by atoms with Crippen LogP contribution in [0.3, 0.4) is 0 Å².